The number of carboxylic acid groups (broad SMARTS) is 1. The van der Waals surface area contributed by atoms with E-state index in [0.717, 1.165) is 5.56 Å². The number of H-pyrrole nitrogens is 1. The van der Waals surface area contributed by atoms with Crippen LogP contribution in [0.15, 0.2) is 54.7 Å². The molecule has 0 amide bonds. The van der Waals surface area contributed by atoms with E-state index in [0.29, 0.717) is 22.7 Å². The molecule has 27 heavy (non-hydrogen) atoms. The predicted molar refractivity (Wildman–Crippen MR) is 102 cm³/mol. The molecule has 1 unspecified atom stereocenters. The molecule has 1 atom stereocenters. The van der Waals surface area contributed by atoms with Gasteiger partial charge in [-0.3, -0.25) is 15.2 Å². The van der Waals surface area contributed by atoms with Gasteiger partial charge >= 0.3 is 5.97 Å². The molecule has 3 rings (SSSR count). The number of carbonyl (C=O) groups is 1. The smallest absolute Gasteiger partial charge is 0.317 e. The van der Waals surface area contributed by atoms with E-state index in [1.165, 1.54) is 11.6 Å². The van der Waals surface area contributed by atoms with Crippen molar-refractivity contribution in [3.63, 3.8) is 0 Å². The van der Waals surface area contributed by atoms with Gasteiger partial charge in [0.05, 0.1) is 24.5 Å². The zero-order chi connectivity index (χ0) is 19.4. The Hall–Kier alpha value is -2.99. The van der Waals surface area contributed by atoms with Gasteiger partial charge in [-0.25, -0.2) is 4.39 Å². The molecule has 5 nitrogen and oxygen atoms in total. The molecule has 1 heterocycles. The van der Waals surface area contributed by atoms with Crippen molar-refractivity contribution in [1.29, 1.82) is 0 Å². The first kappa shape index (κ1) is 18.8. The number of hydrogen-bond acceptors (Lipinski definition) is 3. The van der Waals surface area contributed by atoms with Gasteiger partial charge in [0.15, 0.2) is 0 Å². The van der Waals surface area contributed by atoms with Crippen molar-refractivity contribution in [2.75, 3.05) is 6.54 Å². The summed E-state index contributed by atoms with van der Waals surface area (Å²) in [6.07, 6.45) is 1.61. The second kappa shape index (κ2) is 8.14. The number of nitrogens with zero attached hydrogens (tertiary/aromatic N) is 1. The number of halogens is 1. The molecule has 3 aromatic rings. The maximum absolute atomic E-state index is 14.3. The second-order valence-electron chi connectivity index (χ2n) is 6.71. The van der Waals surface area contributed by atoms with Crippen LogP contribution >= 0.6 is 0 Å². The molecular formula is C21H22FN3O2. The fourth-order valence-corrected chi connectivity index (χ4v) is 3.06. The maximum Gasteiger partial charge on any atom is 0.317 e. The summed E-state index contributed by atoms with van der Waals surface area (Å²) < 4.78 is 14.3. The van der Waals surface area contributed by atoms with Gasteiger partial charge in [0.1, 0.15) is 5.82 Å². The Morgan fingerprint density at radius 3 is 2.44 bits per heavy atom. The van der Waals surface area contributed by atoms with Crippen LogP contribution in [-0.2, 0) is 4.79 Å². The highest BCUT2D eigenvalue weighted by molar-refractivity contribution is 5.70. The molecule has 3 N–H and O–H groups in total. The lowest BCUT2D eigenvalue weighted by Gasteiger charge is -2.20. The molecular weight excluding hydrogens is 345 g/mol. The van der Waals surface area contributed by atoms with Crippen LogP contribution in [0.4, 0.5) is 4.39 Å². The van der Waals surface area contributed by atoms with Crippen LogP contribution < -0.4 is 5.32 Å². The van der Waals surface area contributed by atoms with E-state index < -0.39 is 12.0 Å². The van der Waals surface area contributed by atoms with Gasteiger partial charge in [0.2, 0.25) is 0 Å². The second-order valence-corrected chi connectivity index (χ2v) is 6.71. The minimum Gasteiger partial charge on any atom is -0.480 e. The van der Waals surface area contributed by atoms with Crippen molar-refractivity contribution in [3.8, 4) is 11.3 Å². The van der Waals surface area contributed by atoms with Crippen molar-refractivity contribution >= 4 is 5.97 Å². The Kier molecular flexibility index (Phi) is 5.66. The zero-order valence-electron chi connectivity index (χ0n) is 15.2. The Bertz CT molecular complexity index is 919. The summed E-state index contributed by atoms with van der Waals surface area (Å²) in [6.45, 7) is 4.00. The molecule has 0 saturated heterocycles. The van der Waals surface area contributed by atoms with Gasteiger partial charge < -0.3 is 5.11 Å². The van der Waals surface area contributed by atoms with Gasteiger partial charge in [-0.05, 0) is 29.2 Å². The third kappa shape index (κ3) is 4.23. The SMILES string of the molecule is CC(C)c1ccc(C(NCC(=O)O)c2cn[nH]c2-c2ccccc2F)cc1. The van der Waals surface area contributed by atoms with E-state index in [2.05, 4.69) is 29.4 Å². The minimum atomic E-state index is -0.963. The molecule has 1 aromatic heterocycles. The minimum absolute atomic E-state index is 0.224. The molecule has 6 heteroatoms. The van der Waals surface area contributed by atoms with Gasteiger partial charge in [0.25, 0.3) is 0 Å². The number of rotatable bonds is 7. The fraction of sp³-hybridized carbons (Fsp3) is 0.238. The molecule has 140 valence electrons. The normalized spacial score (nSPS) is 12.3. The van der Waals surface area contributed by atoms with Crippen molar-refractivity contribution in [2.45, 2.75) is 25.8 Å². The first-order valence-electron chi connectivity index (χ1n) is 8.80. The van der Waals surface area contributed by atoms with Crippen LogP contribution in [0.5, 0.6) is 0 Å². The van der Waals surface area contributed by atoms with Crippen molar-refractivity contribution < 1.29 is 14.3 Å². The highest BCUT2D eigenvalue weighted by atomic mass is 19.1. The van der Waals surface area contributed by atoms with Crippen LogP contribution in [0, 0.1) is 5.82 Å². The predicted octanol–water partition coefficient (Wildman–Crippen LogP) is 4.10. The molecule has 2 aromatic carbocycles. The van der Waals surface area contributed by atoms with Crippen LogP contribution in [-0.4, -0.2) is 27.8 Å². The molecule has 0 spiro atoms. The lowest BCUT2D eigenvalue weighted by molar-refractivity contribution is -0.136. The summed E-state index contributed by atoms with van der Waals surface area (Å²) in [7, 11) is 0. The van der Waals surface area contributed by atoms with Crippen LogP contribution in [0.2, 0.25) is 0 Å². The highest BCUT2D eigenvalue weighted by Gasteiger charge is 2.22. The monoisotopic (exact) mass is 367 g/mol. The van der Waals surface area contributed by atoms with Crippen molar-refractivity contribution in [3.05, 3.63) is 77.2 Å². The largest absolute Gasteiger partial charge is 0.480 e. The quantitative estimate of drug-likeness (QED) is 0.587. The van der Waals surface area contributed by atoms with Crippen LogP contribution in [0.3, 0.4) is 0 Å². The Morgan fingerprint density at radius 1 is 1.15 bits per heavy atom. The summed E-state index contributed by atoms with van der Waals surface area (Å²) in [5, 5.41) is 19.1. The molecule has 0 fully saturated rings. The Morgan fingerprint density at radius 2 is 1.81 bits per heavy atom. The van der Waals surface area contributed by atoms with Gasteiger partial charge in [-0.2, -0.15) is 5.10 Å². The number of hydrogen-bond donors (Lipinski definition) is 3. The molecule has 0 radical (unpaired) electrons. The summed E-state index contributed by atoms with van der Waals surface area (Å²) >= 11 is 0. The molecule has 0 aliphatic heterocycles. The lowest BCUT2D eigenvalue weighted by Crippen LogP contribution is -2.28. The van der Waals surface area contributed by atoms with E-state index >= 15 is 0 Å². The summed E-state index contributed by atoms with van der Waals surface area (Å²) in [5.74, 6) is -0.933. The summed E-state index contributed by atoms with van der Waals surface area (Å²) in [6, 6.07) is 14.0. The first-order chi connectivity index (χ1) is 13.0. The average Bonchev–Trinajstić information content (AvgIpc) is 3.11. The zero-order valence-corrected chi connectivity index (χ0v) is 15.2. The third-order valence-electron chi connectivity index (χ3n) is 4.52. The van der Waals surface area contributed by atoms with Crippen molar-refractivity contribution in [1.82, 2.24) is 15.5 Å². The number of aromatic amines is 1. The highest BCUT2D eigenvalue weighted by Crippen LogP contribution is 2.32. The Labute approximate surface area is 157 Å². The van der Waals surface area contributed by atoms with Crippen molar-refractivity contribution in [2.24, 2.45) is 0 Å². The molecule has 0 aliphatic rings. The first-order valence-corrected chi connectivity index (χ1v) is 8.80. The fourth-order valence-electron chi connectivity index (χ4n) is 3.06. The number of aliphatic carboxylic acids is 1. The molecule has 0 bridgehead atoms. The number of carboxylic acids is 1. The number of nitrogens with one attached hydrogen (secondary N) is 2. The van der Waals surface area contributed by atoms with Crippen LogP contribution in [0.25, 0.3) is 11.3 Å². The number of aromatic nitrogens is 2. The Balaban J connectivity index is 2.03. The maximum atomic E-state index is 14.3. The van der Waals surface area contributed by atoms with E-state index in [9.17, 15) is 9.18 Å². The standard InChI is InChI=1S/C21H22FN3O2/c1-13(2)14-7-9-15(10-8-14)20(23-12-19(26)27)17-11-24-25-21(17)16-5-3-4-6-18(16)22/h3-11,13,20,23H,12H2,1-2H3,(H,24,25)(H,26,27). The summed E-state index contributed by atoms with van der Waals surface area (Å²) in [4.78, 5) is 11.1. The van der Waals surface area contributed by atoms with E-state index in [1.807, 2.05) is 24.3 Å². The average molecular weight is 367 g/mol. The lowest BCUT2D eigenvalue weighted by atomic mass is 9.94. The van der Waals surface area contributed by atoms with E-state index in [-0.39, 0.29) is 12.4 Å². The molecule has 0 aliphatic carbocycles. The number of benzene rings is 2. The van der Waals surface area contributed by atoms with Gasteiger partial charge in [-0.1, -0.05) is 50.2 Å². The topological polar surface area (TPSA) is 78.0 Å². The van der Waals surface area contributed by atoms with E-state index in [4.69, 9.17) is 5.11 Å². The third-order valence-corrected chi connectivity index (χ3v) is 4.52. The van der Waals surface area contributed by atoms with E-state index in [1.54, 1.807) is 24.4 Å². The van der Waals surface area contributed by atoms with Crippen LogP contribution in [0.1, 0.15) is 42.5 Å². The van der Waals surface area contributed by atoms with Gasteiger partial charge in [0, 0.05) is 11.1 Å². The summed E-state index contributed by atoms with van der Waals surface area (Å²) in [5.41, 5.74) is 3.70. The van der Waals surface area contributed by atoms with Gasteiger partial charge in [-0.15, -0.1) is 0 Å². The molecule has 0 saturated carbocycles.